The second kappa shape index (κ2) is 8.21. The predicted octanol–water partition coefficient (Wildman–Crippen LogP) is 2.24. The minimum absolute atomic E-state index is 0.237. The van der Waals surface area contributed by atoms with Crippen molar-refractivity contribution in [2.45, 2.75) is 19.1 Å². The molecule has 6 nitrogen and oxygen atoms in total. The van der Waals surface area contributed by atoms with Crippen LogP contribution < -0.4 is 19.9 Å². The van der Waals surface area contributed by atoms with Crippen LogP contribution >= 0.6 is 0 Å². The van der Waals surface area contributed by atoms with Crippen LogP contribution in [0.15, 0.2) is 42.5 Å². The zero-order valence-corrected chi connectivity index (χ0v) is 13.7. The maximum absolute atomic E-state index is 10.9. The van der Waals surface area contributed by atoms with Crippen LogP contribution in [0.3, 0.4) is 0 Å². The number of ether oxygens (including phenoxy) is 3. The Kier molecular flexibility index (Phi) is 6.03. The van der Waals surface area contributed by atoms with Gasteiger partial charge in [0.25, 0.3) is 0 Å². The topological polar surface area (TPSA) is 91.0 Å². The van der Waals surface area contributed by atoms with Gasteiger partial charge in [0.1, 0.15) is 18.4 Å². The molecule has 0 fully saturated rings. The van der Waals surface area contributed by atoms with Crippen LogP contribution in [0.5, 0.6) is 17.2 Å². The third-order valence-corrected chi connectivity index (χ3v) is 3.57. The number of rotatable bonds is 8. The molecule has 0 heterocycles. The van der Waals surface area contributed by atoms with Crippen molar-refractivity contribution in [3.05, 3.63) is 53.6 Å². The summed E-state index contributed by atoms with van der Waals surface area (Å²) in [5.41, 5.74) is 7.21. The zero-order valence-electron chi connectivity index (χ0n) is 13.7. The predicted molar refractivity (Wildman–Crippen MR) is 89.6 cm³/mol. The first-order valence-electron chi connectivity index (χ1n) is 7.45. The highest BCUT2D eigenvalue weighted by atomic mass is 16.5. The van der Waals surface area contributed by atoms with E-state index in [1.165, 1.54) is 0 Å². The van der Waals surface area contributed by atoms with E-state index in [2.05, 4.69) is 0 Å². The highest BCUT2D eigenvalue weighted by molar-refractivity contribution is 5.73. The molecule has 0 aliphatic carbocycles. The van der Waals surface area contributed by atoms with Crippen molar-refractivity contribution < 1.29 is 24.1 Å². The van der Waals surface area contributed by atoms with Crippen molar-refractivity contribution in [2.24, 2.45) is 5.73 Å². The molecule has 0 aliphatic rings. The smallest absolute Gasteiger partial charge is 0.320 e. The number of benzene rings is 2. The lowest BCUT2D eigenvalue weighted by Crippen LogP contribution is -2.32. The van der Waals surface area contributed by atoms with Crippen molar-refractivity contribution in [1.29, 1.82) is 0 Å². The van der Waals surface area contributed by atoms with Gasteiger partial charge in [0.15, 0.2) is 11.5 Å². The average molecular weight is 331 g/mol. The molecule has 0 amide bonds. The van der Waals surface area contributed by atoms with Gasteiger partial charge in [-0.25, -0.2) is 0 Å². The zero-order chi connectivity index (χ0) is 17.5. The molecule has 1 unspecified atom stereocenters. The molecule has 0 aliphatic heterocycles. The first-order valence-corrected chi connectivity index (χ1v) is 7.45. The summed E-state index contributed by atoms with van der Waals surface area (Å²) in [6.07, 6.45) is 0.237. The van der Waals surface area contributed by atoms with Crippen LogP contribution in [0.2, 0.25) is 0 Å². The van der Waals surface area contributed by atoms with E-state index in [1.807, 2.05) is 30.3 Å². The molecular weight excluding hydrogens is 310 g/mol. The van der Waals surface area contributed by atoms with Crippen LogP contribution in [-0.4, -0.2) is 31.3 Å². The Morgan fingerprint density at radius 2 is 1.75 bits per heavy atom. The Labute approximate surface area is 140 Å². The Morgan fingerprint density at radius 1 is 1.08 bits per heavy atom. The van der Waals surface area contributed by atoms with Crippen molar-refractivity contribution >= 4 is 5.97 Å². The molecule has 128 valence electrons. The molecule has 0 saturated carbocycles. The molecule has 2 rings (SSSR count). The second-order valence-electron chi connectivity index (χ2n) is 5.23. The number of carbonyl (C=O) groups is 1. The summed E-state index contributed by atoms with van der Waals surface area (Å²) in [4.78, 5) is 10.9. The fraction of sp³-hybridized carbons (Fsp3) is 0.278. The van der Waals surface area contributed by atoms with E-state index >= 15 is 0 Å². The van der Waals surface area contributed by atoms with Crippen molar-refractivity contribution in [2.75, 3.05) is 14.2 Å². The van der Waals surface area contributed by atoms with Crippen LogP contribution in [0.1, 0.15) is 11.1 Å². The van der Waals surface area contributed by atoms with E-state index in [4.69, 9.17) is 25.1 Å². The number of hydrogen-bond acceptors (Lipinski definition) is 5. The van der Waals surface area contributed by atoms with Gasteiger partial charge in [0, 0.05) is 5.56 Å². The van der Waals surface area contributed by atoms with E-state index in [0.717, 1.165) is 11.1 Å². The molecule has 2 aromatic carbocycles. The number of nitrogens with two attached hydrogens (primary N) is 1. The van der Waals surface area contributed by atoms with Gasteiger partial charge in [-0.2, -0.15) is 0 Å². The van der Waals surface area contributed by atoms with Gasteiger partial charge in [0.2, 0.25) is 0 Å². The SMILES string of the molecule is COc1ccc(CC(N)C(=O)O)cc1COc1ccccc1OC. The minimum Gasteiger partial charge on any atom is -0.496 e. The Morgan fingerprint density at radius 3 is 2.38 bits per heavy atom. The number of hydrogen-bond donors (Lipinski definition) is 2. The number of para-hydroxylation sites is 2. The van der Waals surface area contributed by atoms with E-state index in [9.17, 15) is 4.79 Å². The molecular formula is C18H21NO5. The van der Waals surface area contributed by atoms with E-state index in [-0.39, 0.29) is 13.0 Å². The summed E-state index contributed by atoms with van der Waals surface area (Å²) in [5, 5.41) is 8.93. The Hall–Kier alpha value is -2.73. The van der Waals surface area contributed by atoms with Crippen LogP contribution in [0.25, 0.3) is 0 Å². The Bertz CT molecular complexity index is 702. The highest BCUT2D eigenvalue weighted by Crippen LogP contribution is 2.28. The summed E-state index contributed by atoms with van der Waals surface area (Å²) < 4.78 is 16.4. The second-order valence-corrected chi connectivity index (χ2v) is 5.23. The molecule has 6 heteroatoms. The van der Waals surface area contributed by atoms with Crippen molar-refractivity contribution in [3.63, 3.8) is 0 Å². The molecule has 1 atom stereocenters. The summed E-state index contributed by atoms with van der Waals surface area (Å²) in [7, 11) is 3.15. The monoisotopic (exact) mass is 331 g/mol. The third kappa shape index (κ3) is 4.39. The van der Waals surface area contributed by atoms with Gasteiger partial charge in [-0.1, -0.05) is 18.2 Å². The molecule has 0 radical (unpaired) electrons. The summed E-state index contributed by atoms with van der Waals surface area (Å²) in [6.45, 7) is 0.264. The molecule has 0 bridgehead atoms. The first kappa shape index (κ1) is 17.6. The molecule has 24 heavy (non-hydrogen) atoms. The number of aliphatic carboxylic acids is 1. The molecule has 0 spiro atoms. The largest absolute Gasteiger partial charge is 0.496 e. The van der Waals surface area contributed by atoms with E-state index in [0.29, 0.717) is 17.2 Å². The van der Waals surface area contributed by atoms with Gasteiger partial charge in [-0.15, -0.1) is 0 Å². The Balaban J connectivity index is 2.17. The summed E-state index contributed by atoms with van der Waals surface area (Å²) in [5.74, 6) is 0.894. The minimum atomic E-state index is -1.03. The highest BCUT2D eigenvalue weighted by Gasteiger charge is 2.14. The van der Waals surface area contributed by atoms with Crippen LogP contribution in [-0.2, 0) is 17.8 Å². The maximum Gasteiger partial charge on any atom is 0.320 e. The van der Waals surface area contributed by atoms with Crippen LogP contribution in [0, 0.1) is 0 Å². The lowest BCUT2D eigenvalue weighted by molar-refractivity contribution is -0.138. The van der Waals surface area contributed by atoms with Crippen LogP contribution in [0.4, 0.5) is 0 Å². The standard InChI is InChI=1S/C18H21NO5/c1-22-15-8-7-12(10-14(19)18(20)21)9-13(15)11-24-17-6-4-3-5-16(17)23-2/h3-9,14H,10-11,19H2,1-2H3,(H,20,21). The average Bonchev–Trinajstić information content (AvgIpc) is 2.60. The quantitative estimate of drug-likeness (QED) is 0.771. The number of carboxylic acid groups (broad SMARTS) is 1. The van der Waals surface area contributed by atoms with Gasteiger partial charge < -0.3 is 25.1 Å². The summed E-state index contributed by atoms with van der Waals surface area (Å²) >= 11 is 0. The normalized spacial score (nSPS) is 11.6. The maximum atomic E-state index is 10.9. The van der Waals surface area contributed by atoms with E-state index < -0.39 is 12.0 Å². The lowest BCUT2D eigenvalue weighted by Gasteiger charge is -2.14. The van der Waals surface area contributed by atoms with Crippen molar-refractivity contribution in [1.82, 2.24) is 0 Å². The number of methoxy groups -OCH3 is 2. The first-order chi connectivity index (χ1) is 11.5. The van der Waals surface area contributed by atoms with E-state index in [1.54, 1.807) is 26.4 Å². The molecule has 0 aromatic heterocycles. The third-order valence-electron chi connectivity index (χ3n) is 3.57. The number of carboxylic acids is 1. The van der Waals surface area contributed by atoms with Gasteiger partial charge in [-0.05, 0) is 36.2 Å². The fourth-order valence-electron chi connectivity index (χ4n) is 2.31. The molecule has 2 aromatic rings. The van der Waals surface area contributed by atoms with Gasteiger partial charge in [-0.3, -0.25) is 4.79 Å². The molecule has 3 N–H and O–H groups in total. The van der Waals surface area contributed by atoms with Crippen molar-refractivity contribution in [3.8, 4) is 17.2 Å². The lowest BCUT2D eigenvalue weighted by atomic mass is 10.0. The molecule has 0 saturated heterocycles. The van der Waals surface area contributed by atoms with Gasteiger partial charge >= 0.3 is 5.97 Å². The fourth-order valence-corrected chi connectivity index (χ4v) is 2.31. The summed E-state index contributed by atoms with van der Waals surface area (Å²) in [6, 6.07) is 11.8. The van der Waals surface area contributed by atoms with Gasteiger partial charge in [0.05, 0.1) is 14.2 Å².